The van der Waals surface area contributed by atoms with E-state index in [0.717, 1.165) is 21.9 Å². The molecular formula is C22H18ClNO3. The molecule has 1 aromatic heterocycles. The van der Waals surface area contributed by atoms with E-state index in [2.05, 4.69) is 5.32 Å². The SMILES string of the molecule is CCC(Oc1ccc(Cl)cc1)C(=O)Nc1ccc2c(c1)oc1ccccc12. The van der Waals surface area contributed by atoms with Gasteiger partial charge in [0.2, 0.25) is 0 Å². The van der Waals surface area contributed by atoms with Gasteiger partial charge in [-0.2, -0.15) is 0 Å². The molecule has 0 saturated heterocycles. The van der Waals surface area contributed by atoms with Crippen LogP contribution in [0.4, 0.5) is 5.69 Å². The summed E-state index contributed by atoms with van der Waals surface area (Å²) in [5, 5.41) is 5.61. The summed E-state index contributed by atoms with van der Waals surface area (Å²) in [6, 6.07) is 20.5. The highest BCUT2D eigenvalue weighted by atomic mass is 35.5. The maximum Gasteiger partial charge on any atom is 0.265 e. The molecule has 1 amide bonds. The number of ether oxygens (including phenoxy) is 1. The smallest absolute Gasteiger partial charge is 0.265 e. The third-order valence-electron chi connectivity index (χ3n) is 4.40. The van der Waals surface area contributed by atoms with Crippen LogP contribution < -0.4 is 10.1 Å². The minimum atomic E-state index is -0.599. The predicted molar refractivity (Wildman–Crippen MR) is 109 cm³/mol. The molecule has 1 heterocycles. The Labute approximate surface area is 161 Å². The Kier molecular flexibility index (Phi) is 4.73. The van der Waals surface area contributed by atoms with Crippen molar-refractivity contribution in [3.8, 4) is 5.75 Å². The summed E-state index contributed by atoms with van der Waals surface area (Å²) in [7, 11) is 0. The van der Waals surface area contributed by atoms with Gasteiger partial charge in [0, 0.05) is 27.5 Å². The standard InChI is InChI=1S/C22H18ClNO3/c1-2-19(26-16-10-7-14(23)8-11-16)22(25)24-15-9-12-18-17-5-3-4-6-20(17)27-21(18)13-15/h3-13,19H,2H2,1H3,(H,24,25). The summed E-state index contributed by atoms with van der Waals surface area (Å²) >= 11 is 5.89. The maximum atomic E-state index is 12.6. The lowest BCUT2D eigenvalue weighted by atomic mass is 10.1. The Balaban J connectivity index is 1.53. The van der Waals surface area contributed by atoms with Crippen LogP contribution in [0.5, 0.6) is 5.75 Å². The Morgan fingerprint density at radius 2 is 1.78 bits per heavy atom. The molecule has 0 saturated carbocycles. The van der Waals surface area contributed by atoms with Crippen LogP contribution >= 0.6 is 11.6 Å². The summed E-state index contributed by atoms with van der Waals surface area (Å²) in [6.07, 6.45) is -0.0565. The summed E-state index contributed by atoms with van der Waals surface area (Å²) in [5.74, 6) is 0.400. The van der Waals surface area contributed by atoms with Gasteiger partial charge in [-0.25, -0.2) is 0 Å². The van der Waals surface area contributed by atoms with Gasteiger partial charge in [0.1, 0.15) is 16.9 Å². The molecule has 3 aromatic carbocycles. The van der Waals surface area contributed by atoms with Gasteiger partial charge in [-0.3, -0.25) is 4.79 Å². The number of anilines is 1. The molecule has 0 fully saturated rings. The van der Waals surface area contributed by atoms with Crippen molar-refractivity contribution in [1.82, 2.24) is 0 Å². The van der Waals surface area contributed by atoms with Gasteiger partial charge in [0.05, 0.1) is 0 Å². The van der Waals surface area contributed by atoms with Crippen molar-refractivity contribution in [2.24, 2.45) is 0 Å². The van der Waals surface area contributed by atoms with Crippen LogP contribution in [0.1, 0.15) is 13.3 Å². The van der Waals surface area contributed by atoms with E-state index in [9.17, 15) is 4.79 Å². The third kappa shape index (κ3) is 3.62. The number of fused-ring (bicyclic) bond motifs is 3. The van der Waals surface area contributed by atoms with Gasteiger partial charge in [-0.05, 0) is 48.9 Å². The van der Waals surface area contributed by atoms with E-state index in [4.69, 9.17) is 20.8 Å². The molecule has 0 bridgehead atoms. The van der Waals surface area contributed by atoms with Crippen molar-refractivity contribution in [2.45, 2.75) is 19.4 Å². The van der Waals surface area contributed by atoms with E-state index in [-0.39, 0.29) is 5.91 Å². The number of rotatable bonds is 5. The van der Waals surface area contributed by atoms with Gasteiger partial charge in [-0.1, -0.05) is 36.7 Å². The Morgan fingerprint density at radius 3 is 2.56 bits per heavy atom. The molecule has 0 spiro atoms. The van der Waals surface area contributed by atoms with E-state index >= 15 is 0 Å². The van der Waals surface area contributed by atoms with E-state index in [1.54, 1.807) is 24.3 Å². The molecule has 1 N–H and O–H groups in total. The van der Waals surface area contributed by atoms with Crippen molar-refractivity contribution in [1.29, 1.82) is 0 Å². The largest absolute Gasteiger partial charge is 0.481 e. The number of carbonyl (C=O) groups excluding carboxylic acids is 1. The fraction of sp³-hybridized carbons (Fsp3) is 0.136. The first kappa shape index (κ1) is 17.4. The van der Waals surface area contributed by atoms with Gasteiger partial charge in [-0.15, -0.1) is 0 Å². The van der Waals surface area contributed by atoms with Crippen LogP contribution in [-0.2, 0) is 4.79 Å². The van der Waals surface area contributed by atoms with Crippen molar-refractivity contribution in [3.05, 3.63) is 71.8 Å². The average molecular weight is 380 g/mol. The van der Waals surface area contributed by atoms with Crippen molar-refractivity contribution < 1.29 is 13.9 Å². The van der Waals surface area contributed by atoms with Gasteiger partial charge >= 0.3 is 0 Å². The van der Waals surface area contributed by atoms with E-state index in [0.29, 0.717) is 22.9 Å². The lowest BCUT2D eigenvalue weighted by molar-refractivity contribution is -0.122. The van der Waals surface area contributed by atoms with Crippen LogP contribution in [0.3, 0.4) is 0 Å². The van der Waals surface area contributed by atoms with E-state index in [1.165, 1.54) is 0 Å². The molecular weight excluding hydrogens is 362 g/mol. The third-order valence-corrected chi connectivity index (χ3v) is 4.65. The van der Waals surface area contributed by atoms with E-state index in [1.807, 2.05) is 49.4 Å². The minimum absolute atomic E-state index is 0.206. The quantitative estimate of drug-likeness (QED) is 0.460. The van der Waals surface area contributed by atoms with Crippen molar-refractivity contribution in [3.63, 3.8) is 0 Å². The predicted octanol–water partition coefficient (Wildman–Crippen LogP) is 6.04. The van der Waals surface area contributed by atoms with Crippen LogP contribution in [0, 0.1) is 0 Å². The highest BCUT2D eigenvalue weighted by molar-refractivity contribution is 6.30. The molecule has 1 unspecified atom stereocenters. The van der Waals surface area contributed by atoms with Crippen LogP contribution in [-0.4, -0.2) is 12.0 Å². The molecule has 136 valence electrons. The zero-order valence-corrected chi connectivity index (χ0v) is 15.5. The number of hydrogen-bond donors (Lipinski definition) is 1. The molecule has 4 rings (SSSR count). The number of halogens is 1. The van der Waals surface area contributed by atoms with E-state index < -0.39 is 6.10 Å². The number of nitrogens with one attached hydrogen (secondary N) is 1. The Bertz CT molecular complexity index is 1100. The Hall–Kier alpha value is -2.98. The summed E-state index contributed by atoms with van der Waals surface area (Å²) in [6.45, 7) is 1.91. The molecule has 0 aliphatic rings. The average Bonchev–Trinajstić information content (AvgIpc) is 3.05. The maximum absolute atomic E-state index is 12.6. The highest BCUT2D eigenvalue weighted by Crippen LogP contribution is 2.30. The summed E-state index contributed by atoms with van der Waals surface area (Å²) in [5.41, 5.74) is 2.24. The highest BCUT2D eigenvalue weighted by Gasteiger charge is 2.19. The number of hydrogen-bond acceptors (Lipinski definition) is 3. The summed E-state index contributed by atoms with van der Waals surface area (Å²) < 4.78 is 11.7. The minimum Gasteiger partial charge on any atom is -0.481 e. The van der Waals surface area contributed by atoms with Gasteiger partial charge in [0.25, 0.3) is 5.91 Å². The number of benzene rings is 3. The van der Waals surface area contributed by atoms with Crippen LogP contribution in [0.15, 0.2) is 71.1 Å². The number of carbonyl (C=O) groups is 1. The second kappa shape index (κ2) is 7.33. The van der Waals surface area contributed by atoms with Crippen molar-refractivity contribution in [2.75, 3.05) is 5.32 Å². The molecule has 5 heteroatoms. The molecule has 0 aliphatic heterocycles. The first-order valence-corrected chi connectivity index (χ1v) is 9.16. The van der Waals surface area contributed by atoms with Gasteiger partial charge < -0.3 is 14.5 Å². The zero-order valence-electron chi connectivity index (χ0n) is 14.7. The molecule has 0 radical (unpaired) electrons. The normalized spacial score (nSPS) is 12.2. The van der Waals surface area contributed by atoms with Crippen molar-refractivity contribution >= 4 is 45.1 Å². The second-order valence-electron chi connectivity index (χ2n) is 6.27. The first-order chi connectivity index (χ1) is 13.1. The van der Waals surface area contributed by atoms with Crippen LogP contribution in [0.25, 0.3) is 21.9 Å². The number of amides is 1. The lowest BCUT2D eigenvalue weighted by Gasteiger charge is -2.17. The number of para-hydroxylation sites is 1. The molecule has 1 atom stereocenters. The van der Waals surface area contributed by atoms with Crippen LogP contribution in [0.2, 0.25) is 5.02 Å². The topological polar surface area (TPSA) is 51.5 Å². The second-order valence-corrected chi connectivity index (χ2v) is 6.70. The molecule has 0 aliphatic carbocycles. The monoisotopic (exact) mass is 379 g/mol. The first-order valence-electron chi connectivity index (χ1n) is 8.78. The molecule has 4 aromatic rings. The number of furan rings is 1. The zero-order chi connectivity index (χ0) is 18.8. The molecule has 4 nitrogen and oxygen atoms in total. The fourth-order valence-electron chi connectivity index (χ4n) is 3.03. The summed E-state index contributed by atoms with van der Waals surface area (Å²) in [4.78, 5) is 12.6. The van der Waals surface area contributed by atoms with Gasteiger partial charge in [0.15, 0.2) is 6.10 Å². The lowest BCUT2D eigenvalue weighted by Crippen LogP contribution is -2.32. The molecule has 27 heavy (non-hydrogen) atoms. The fourth-order valence-corrected chi connectivity index (χ4v) is 3.15. The Morgan fingerprint density at radius 1 is 1.04 bits per heavy atom.